The SMILES string of the molecule is COC(=O)c1ccc2c(=O)n(Cc3ccccc3Cl)c(S[C@@H](C)C#N)nc2c1. The fourth-order valence-electron chi connectivity index (χ4n) is 2.66. The Morgan fingerprint density at radius 3 is 2.79 bits per heavy atom. The first-order chi connectivity index (χ1) is 13.4. The molecule has 0 radical (unpaired) electrons. The quantitative estimate of drug-likeness (QED) is 0.358. The number of nitrogens with zero attached hydrogens (tertiary/aromatic N) is 3. The van der Waals surface area contributed by atoms with E-state index in [2.05, 4.69) is 11.1 Å². The van der Waals surface area contributed by atoms with Gasteiger partial charge in [-0.25, -0.2) is 9.78 Å². The van der Waals surface area contributed by atoms with Gasteiger partial charge in [0.05, 0.1) is 41.4 Å². The lowest BCUT2D eigenvalue weighted by Gasteiger charge is -2.15. The second-order valence-corrected chi connectivity index (χ2v) is 7.70. The lowest BCUT2D eigenvalue weighted by molar-refractivity contribution is 0.0601. The van der Waals surface area contributed by atoms with Gasteiger partial charge >= 0.3 is 5.97 Å². The maximum absolute atomic E-state index is 13.2. The number of nitriles is 1. The van der Waals surface area contributed by atoms with Crippen molar-refractivity contribution >= 4 is 40.2 Å². The number of methoxy groups -OCH3 is 1. The van der Waals surface area contributed by atoms with Crippen molar-refractivity contribution in [3.8, 4) is 6.07 Å². The van der Waals surface area contributed by atoms with E-state index in [-0.39, 0.29) is 12.1 Å². The van der Waals surface area contributed by atoms with Crippen LogP contribution in [0.25, 0.3) is 10.9 Å². The highest BCUT2D eigenvalue weighted by atomic mass is 35.5. The third-order valence-electron chi connectivity index (χ3n) is 4.09. The largest absolute Gasteiger partial charge is 0.465 e. The highest BCUT2D eigenvalue weighted by Gasteiger charge is 2.17. The zero-order valence-electron chi connectivity index (χ0n) is 15.2. The number of rotatable bonds is 5. The Labute approximate surface area is 170 Å². The number of esters is 1. The van der Waals surface area contributed by atoms with Crippen LogP contribution in [0.4, 0.5) is 0 Å². The van der Waals surface area contributed by atoms with Crippen LogP contribution in [0.2, 0.25) is 5.02 Å². The number of fused-ring (bicyclic) bond motifs is 1. The first-order valence-corrected chi connectivity index (χ1v) is 9.63. The number of benzene rings is 2. The van der Waals surface area contributed by atoms with Gasteiger partial charge < -0.3 is 4.74 Å². The van der Waals surface area contributed by atoms with Crippen molar-refractivity contribution in [2.24, 2.45) is 0 Å². The molecule has 28 heavy (non-hydrogen) atoms. The molecule has 3 aromatic rings. The third kappa shape index (κ3) is 4.03. The van der Waals surface area contributed by atoms with Crippen LogP contribution in [0.1, 0.15) is 22.8 Å². The Morgan fingerprint density at radius 2 is 2.11 bits per heavy atom. The number of thioether (sulfide) groups is 1. The van der Waals surface area contributed by atoms with Gasteiger partial charge in [0.1, 0.15) is 0 Å². The van der Waals surface area contributed by atoms with Crippen LogP contribution in [0.3, 0.4) is 0 Å². The van der Waals surface area contributed by atoms with Gasteiger partial charge in [0.15, 0.2) is 5.16 Å². The van der Waals surface area contributed by atoms with E-state index in [1.54, 1.807) is 19.1 Å². The molecule has 0 aliphatic rings. The van der Waals surface area contributed by atoms with Crippen LogP contribution in [-0.2, 0) is 11.3 Å². The predicted octanol–water partition coefficient (Wildman–Crippen LogP) is 3.89. The van der Waals surface area contributed by atoms with Crippen LogP contribution in [-0.4, -0.2) is 27.9 Å². The molecule has 0 fully saturated rings. The van der Waals surface area contributed by atoms with Crippen molar-refractivity contribution in [3.05, 3.63) is 69.0 Å². The topological polar surface area (TPSA) is 85.0 Å². The summed E-state index contributed by atoms with van der Waals surface area (Å²) in [5, 5.41) is 10.1. The zero-order chi connectivity index (χ0) is 20.3. The van der Waals surface area contributed by atoms with Crippen molar-refractivity contribution in [1.82, 2.24) is 9.55 Å². The van der Waals surface area contributed by atoms with Gasteiger partial charge in [-0.1, -0.05) is 41.6 Å². The maximum Gasteiger partial charge on any atom is 0.337 e. The normalized spacial score (nSPS) is 11.8. The summed E-state index contributed by atoms with van der Waals surface area (Å²) >= 11 is 7.43. The molecule has 0 unspecified atom stereocenters. The Morgan fingerprint density at radius 1 is 1.36 bits per heavy atom. The summed E-state index contributed by atoms with van der Waals surface area (Å²) < 4.78 is 6.23. The zero-order valence-corrected chi connectivity index (χ0v) is 16.8. The van der Waals surface area contributed by atoms with Crippen molar-refractivity contribution < 1.29 is 9.53 Å². The van der Waals surface area contributed by atoms with Crippen molar-refractivity contribution in [2.75, 3.05) is 7.11 Å². The van der Waals surface area contributed by atoms with Crippen LogP contribution in [0.15, 0.2) is 52.4 Å². The van der Waals surface area contributed by atoms with E-state index >= 15 is 0 Å². The number of hydrogen-bond acceptors (Lipinski definition) is 6. The number of carbonyl (C=O) groups excluding carboxylic acids is 1. The van der Waals surface area contributed by atoms with E-state index in [4.69, 9.17) is 16.3 Å². The first kappa shape index (κ1) is 19.9. The smallest absolute Gasteiger partial charge is 0.337 e. The van der Waals surface area contributed by atoms with Gasteiger partial charge in [-0.05, 0) is 36.8 Å². The average molecular weight is 414 g/mol. The Hall–Kier alpha value is -2.82. The fraction of sp³-hybridized carbons (Fsp3) is 0.200. The standard InChI is InChI=1S/C20H16ClN3O3S/c1-12(10-22)28-20-23-17-9-13(19(26)27-2)7-8-15(17)18(25)24(20)11-14-5-3-4-6-16(14)21/h3-9,12H,11H2,1-2H3/t12-/m0/s1. The van der Waals surface area contributed by atoms with Gasteiger partial charge in [-0.2, -0.15) is 5.26 Å². The molecule has 142 valence electrons. The van der Waals surface area contributed by atoms with Gasteiger partial charge in [0.2, 0.25) is 0 Å². The molecule has 0 bridgehead atoms. The Kier molecular flexibility index (Phi) is 6.02. The summed E-state index contributed by atoms with van der Waals surface area (Å²) in [6.07, 6.45) is 0. The molecule has 0 saturated heterocycles. The predicted molar refractivity (Wildman–Crippen MR) is 109 cm³/mol. The van der Waals surface area contributed by atoms with Crippen molar-refractivity contribution in [1.29, 1.82) is 5.26 Å². The highest BCUT2D eigenvalue weighted by molar-refractivity contribution is 8.00. The minimum atomic E-state index is -0.511. The molecule has 2 aromatic carbocycles. The van der Waals surface area contributed by atoms with E-state index < -0.39 is 11.2 Å². The molecule has 0 amide bonds. The molecule has 0 aliphatic carbocycles. The van der Waals surface area contributed by atoms with Gasteiger partial charge in [-0.15, -0.1) is 0 Å². The van der Waals surface area contributed by atoms with Gasteiger partial charge in [-0.3, -0.25) is 9.36 Å². The van der Waals surface area contributed by atoms with Gasteiger partial charge in [0, 0.05) is 5.02 Å². The minimum Gasteiger partial charge on any atom is -0.465 e. The molecule has 0 aliphatic heterocycles. The summed E-state index contributed by atoms with van der Waals surface area (Å²) in [6.45, 7) is 1.95. The number of halogens is 1. The molecular weight excluding hydrogens is 398 g/mol. The molecule has 0 N–H and O–H groups in total. The second kappa shape index (κ2) is 8.46. The summed E-state index contributed by atoms with van der Waals surface area (Å²) in [7, 11) is 1.29. The monoisotopic (exact) mass is 413 g/mol. The summed E-state index contributed by atoms with van der Waals surface area (Å²) in [6, 6.07) is 14.0. The average Bonchev–Trinajstić information content (AvgIpc) is 2.71. The number of carbonyl (C=O) groups is 1. The van der Waals surface area contributed by atoms with Crippen LogP contribution >= 0.6 is 23.4 Å². The molecule has 3 rings (SSSR count). The molecule has 1 atom stereocenters. The van der Waals surface area contributed by atoms with Crippen LogP contribution in [0, 0.1) is 11.3 Å². The first-order valence-electron chi connectivity index (χ1n) is 8.37. The lowest BCUT2D eigenvalue weighted by atomic mass is 10.1. The summed E-state index contributed by atoms with van der Waals surface area (Å²) in [4.78, 5) is 29.5. The second-order valence-electron chi connectivity index (χ2n) is 5.99. The fourth-order valence-corrected chi connectivity index (χ4v) is 3.65. The highest BCUT2D eigenvalue weighted by Crippen LogP contribution is 2.25. The molecule has 0 saturated carbocycles. The third-order valence-corrected chi connectivity index (χ3v) is 5.44. The number of hydrogen-bond donors (Lipinski definition) is 0. The molecule has 8 heteroatoms. The van der Waals surface area contributed by atoms with E-state index in [0.29, 0.717) is 26.6 Å². The minimum absolute atomic E-state index is 0.223. The number of ether oxygens (including phenoxy) is 1. The Balaban J connectivity index is 2.20. The molecule has 6 nitrogen and oxygen atoms in total. The summed E-state index contributed by atoms with van der Waals surface area (Å²) in [5.41, 5.74) is 1.17. The van der Waals surface area contributed by atoms with Crippen molar-refractivity contribution in [3.63, 3.8) is 0 Å². The van der Waals surface area contributed by atoms with Crippen LogP contribution < -0.4 is 5.56 Å². The van der Waals surface area contributed by atoms with E-state index in [1.165, 1.54) is 35.6 Å². The number of aromatic nitrogens is 2. The van der Waals surface area contributed by atoms with E-state index in [1.807, 2.05) is 18.2 Å². The molecule has 1 aromatic heterocycles. The molecular formula is C20H16ClN3O3S. The van der Waals surface area contributed by atoms with E-state index in [9.17, 15) is 14.9 Å². The maximum atomic E-state index is 13.2. The van der Waals surface area contributed by atoms with Gasteiger partial charge in [0.25, 0.3) is 5.56 Å². The lowest BCUT2D eigenvalue weighted by Crippen LogP contribution is -2.24. The van der Waals surface area contributed by atoms with Crippen molar-refractivity contribution in [2.45, 2.75) is 23.9 Å². The summed E-state index contributed by atoms with van der Waals surface area (Å²) in [5.74, 6) is -0.511. The van der Waals surface area contributed by atoms with Crippen LogP contribution in [0.5, 0.6) is 0 Å². The molecule has 1 heterocycles. The molecule has 0 spiro atoms. The Bertz CT molecular complexity index is 1150. The van der Waals surface area contributed by atoms with E-state index in [0.717, 1.165) is 5.56 Å².